The molecule has 0 saturated carbocycles. The highest BCUT2D eigenvalue weighted by Crippen LogP contribution is 2.12. The summed E-state index contributed by atoms with van der Waals surface area (Å²) in [5.74, 6) is -4.54. The molecule has 3 aromatic rings. The summed E-state index contributed by atoms with van der Waals surface area (Å²) in [6.07, 6.45) is 0.993. The first-order chi connectivity index (χ1) is 22.9. The van der Waals surface area contributed by atoms with Gasteiger partial charge in [0.1, 0.15) is 31.1 Å². The molecule has 14 heteroatoms. The van der Waals surface area contributed by atoms with E-state index in [2.05, 4.69) is 16.1 Å². The Morgan fingerprint density at radius 2 is 1.25 bits per heavy atom. The number of hydrogen-bond donors (Lipinski definition) is 4. The predicted molar refractivity (Wildman–Crippen MR) is 172 cm³/mol. The van der Waals surface area contributed by atoms with Crippen LogP contribution in [0.15, 0.2) is 97.1 Å². The first-order valence-corrected chi connectivity index (χ1v) is 14.8. The molecule has 0 saturated heterocycles. The number of carbonyl (C=O) groups excluding carboxylic acids is 6. The van der Waals surface area contributed by atoms with Crippen molar-refractivity contribution in [3.05, 3.63) is 120 Å². The largest absolute Gasteiger partial charge is 0.445 e. The number of amides is 6. The average molecular weight is 661 g/mol. The second-order valence-corrected chi connectivity index (χ2v) is 10.7. The molecular weight excluding hydrogens is 623 g/mol. The number of nitrogens with two attached hydrogens (primary N) is 1. The molecule has 0 aliphatic heterocycles. The lowest BCUT2D eigenvalue weighted by molar-refractivity contribution is -0.142. The van der Waals surface area contributed by atoms with Crippen LogP contribution in [0.25, 0.3) is 0 Å². The predicted octanol–water partition coefficient (Wildman–Crippen LogP) is 2.08. The summed E-state index contributed by atoms with van der Waals surface area (Å²) in [4.78, 5) is 76.8. The fourth-order valence-electron chi connectivity index (χ4n) is 4.13. The summed E-state index contributed by atoms with van der Waals surface area (Å²) < 4.78 is 18.5. The van der Waals surface area contributed by atoms with Gasteiger partial charge in [0.25, 0.3) is 11.8 Å². The Labute approximate surface area is 276 Å². The van der Waals surface area contributed by atoms with E-state index in [0.717, 1.165) is 23.3 Å². The number of rotatable bonds is 14. The maximum absolute atomic E-state index is 13.4. The van der Waals surface area contributed by atoms with Gasteiger partial charge < -0.3 is 26.0 Å². The maximum Gasteiger partial charge on any atom is 0.408 e. The molecule has 0 unspecified atom stereocenters. The standard InChI is InChI=1S/C34H37FN6O7/c1-23(38-34(47)48-22-27-11-7-4-8-12-27)32(45)37-24(2)33(46)39-41(21-29(36)42)31(44)18-17-30(43)40(19-25-9-5-3-6-10-25)20-26-13-15-28(35)16-14-26/h3-18,23-24H,19-22H2,1-2H3,(H2,36,42)(H,37,45)(H,38,47)(H,39,46)/b18-17+/t23-,24-/m0/s1. The topological polar surface area (TPSA) is 180 Å². The van der Waals surface area contributed by atoms with Gasteiger partial charge >= 0.3 is 6.09 Å². The molecule has 0 spiro atoms. The van der Waals surface area contributed by atoms with Crippen LogP contribution in [0, 0.1) is 5.82 Å². The first kappa shape index (κ1) is 36.4. The SMILES string of the molecule is C[C@H](NC(=O)OCc1ccccc1)C(=O)N[C@@H](C)C(=O)NN(CC(N)=O)C(=O)/C=C/C(=O)N(Cc1ccccc1)Cc1ccc(F)cc1. The molecule has 5 N–H and O–H groups in total. The Morgan fingerprint density at radius 1 is 0.729 bits per heavy atom. The molecule has 0 aliphatic carbocycles. The van der Waals surface area contributed by atoms with Crippen LogP contribution in [0.5, 0.6) is 0 Å². The van der Waals surface area contributed by atoms with Crippen LogP contribution in [0.4, 0.5) is 9.18 Å². The highest BCUT2D eigenvalue weighted by molar-refractivity contribution is 5.99. The summed E-state index contributed by atoms with van der Waals surface area (Å²) in [5.41, 5.74) is 9.68. The van der Waals surface area contributed by atoms with Gasteiger partial charge in [-0.25, -0.2) is 14.2 Å². The minimum absolute atomic E-state index is 0.0110. The van der Waals surface area contributed by atoms with Gasteiger partial charge in [0.2, 0.25) is 17.7 Å². The van der Waals surface area contributed by atoms with E-state index in [1.807, 2.05) is 24.3 Å². The molecule has 252 valence electrons. The fourth-order valence-corrected chi connectivity index (χ4v) is 4.13. The Bertz CT molecular complexity index is 1600. The van der Waals surface area contributed by atoms with Gasteiger partial charge in [-0.15, -0.1) is 0 Å². The van der Waals surface area contributed by atoms with E-state index in [-0.39, 0.29) is 19.7 Å². The van der Waals surface area contributed by atoms with Gasteiger partial charge in [-0.05, 0) is 42.7 Å². The van der Waals surface area contributed by atoms with Crippen molar-refractivity contribution in [2.75, 3.05) is 6.54 Å². The van der Waals surface area contributed by atoms with Gasteiger partial charge in [0.15, 0.2) is 0 Å². The van der Waals surface area contributed by atoms with Gasteiger partial charge in [0.05, 0.1) is 0 Å². The molecule has 2 atom stereocenters. The lowest BCUT2D eigenvalue weighted by Crippen LogP contribution is -2.56. The summed E-state index contributed by atoms with van der Waals surface area (Å²) in [7, 11) is 0. The van der Waals surface area contributed by atoms with E-state index in [1.54, 1.807) is 36.4 Å². The third-order valence-electron chi connectivity index (χ3n) is 6.70. The van der Waals surface area contributed by atoms with Gasteiger partial charge in [-0.3, -0.25) is 29.4 Å². The Balaban J connectivity index is 1.59. The van der Waals surface area contributed by atoms with Crippen molar-refractivity contribution in [3.63, 3.8) is 0 Å². The van der Waals surface area contributed by atoms with Crippen molar-refractivity contribution in [1.82, 2.24) is 26.0 Å². The molecule has 3 rings (SSSR count). The molecule has 0 heterocycles. The van der Waals surface area contributed by atoms with E-state index < -0.39 is 60.1 Å². The third kappa shape index (κ3) is 12.4. The highest BCUT2D eigenvalue weighted by Gasteiger charge is 2.25. The molecule has 6 amide bonds. The summed E-state index contributed by atoms with van der Waals surface area (Å²) in [5, 5.41) is 5.35. The summed E-state index contributed by atoms with van der Waals surface area (Å²) in [6.45, 7) is 2.22. The second kappa shape index (κ2) is 18.2. The van der Waals surface area contributed by atoms with E-state index in [4.69, 9.17) is 10.5 Å². The maximum atomic E-state index is 13.4. The normalized spacial score (nSPS) is 11.9. The molecule has 0 fully saturated rings. The number of hydrogen-bond acceptors (Lipinski definition) is 7. The van der Waals surface area contributed by atoms with Crippen molar-refractivity contribution in [2.24, 2.45) is 5.73 Å². The molecule has 0 aromatic heterocycles. The van der Waals surface area contributed by atoms with E-state index in [9.17, 15) is 33.2 Å². The number of carbonyl (C=O) groups is 6. The van der Waals surface area contributed by atoms with Gasteiger partial charge in [0, 0.05) is 25.2 Å². The van der Waals surface area contributed by atoms with Crippen LogP contribution in [0.3, 0.4) is 0 Å². The first-order valence-electron chi connectivity index (χ1n) is 14.8. The number of nitrogens with zero attached hydrogens (tertiary/aromatic N) is 2. The number of hydrazine groups is 1. The Morgan fingerprint density at radius 3 is 1.83 bits per heavy atom. The van der Waals surface area contributed by atoms with Crippen LogP contribution in [0.2, 0.25) is 0 Å². The zero-order chi connectivity index (χ0) is 35.1. The highest BCUT2D eigenvalue weighted by atomic mass is 19.1. The quantitative estimate of drug-likeness (QED) is 0.151. The van der Waals surface area contributed by atoms with Crippen LogP contribution >= 0.6 is 0 Å². The Kier molecular flexibility index (Phi) is 13.8. The Hall–Kier alpha value is -6.05. The summed E-state index contributed by atoms with van der Waals surface area (Å²) >= 11 is 0. The molecule has 0 bridgehead atoms. The van der Waals surface area contributed by atoms with E-state index in [1.165, 1.54) is 43.0 Å². The van der Waals surface area contributed by atoms with Crippen LogP contribution < -0.4 is 21.8 Å². The van der Waals surface area contributed by atoms with Crippen LogP contribution in [-0.4, -0.2) is 64.2 Å². The van der Waals surface area contributed by atoms with Crippen molar-refractivity contribution >= 4 is 35.6 Å². The van der Waals surface area contributed by atoms with E-state index >= 15 is 0 Å². The van der Waals surface area contributed by atoms with E-state index in [0.29, 0.717) is 10.6 Å². The molecule has 3 aromatic carbocycles. The minimum atomic E-state index is -1.23. The molecule has 0 aliphatic rings. The molecule has 13 nitrogen and oxygen atoms in total. The third-order valence-corrected chi connectivity index (χ3v) is 6.70. The van der Waals surface area contributed by atoms with Crippen molar-refractivity contribution in [1.29, 1.82) is 0 Å². The van der Waals surface area contributed by atoms with Gasteiger partial charge in [-0.1, -0.05) is 72.8 Å². The average Bonchev–Trinajstić information content (AvgIpc) is 3.07. The number of ether oxygens (including phenoxy) is 1. The van der Waals surface area contributed by atoms with Crippen LogP contribution in [-0.2, 0) is 48.4 Å². The number of benzene rings is 3. The van der Waals surface area contributed by atoms with Crippen molar-refractivity contribution < 1.29 is 37.9 Å². The molecular formula is C34H37FN6O7. The van der Waals surface area contributed by atoms with Crippen molar-refractivity contribution in [3.8, 4) is 0 Å². The monoisotopic (exact) mass is 660 g/mol. The van der Waals surface area contributed by atoms with Crippen molar-refractivity contribution in [2.45, 2.75) is 45.6 Å². The summed E-state index contributed by atoms with van der Waals surface area (Å²) in [6, 6.07) is 21.3. The number of nitrogens with one attached hydrogen (secondary N) is 3. The zero-order valence-corrected chi connectivity index (χ0v) is 26.4. The smallest absolute Gasteiger partial charge is 0.408 e. The number of primary amides is 1. The minimum Gasteiger partial charge on any atom is -0.445 e. The molecule has 48 heavy (non-hydrogen) atoms. The second-order valence-electron chi connectivity index (χ2n) is 10.7. The fraction of sp³-hybridized carbons (Fsp3) is 0.235. The lowest BCUT2D eigenvalue weighted by Gasteiger charge is -2.24. The molecule has 0 radical (unpaired) electrons. The number of alkyl carbamates (subject to hydrolysis) is 1. The zero-order valence-electron chi connectivity index (χ0n) is 26.4. The van der Waals surface area contributed by atoms with Crippen LogP contribution in [0.1, 0.15) is 30.5 Å². The number of halogens is 1. The van der Waals surface area contributed by atoms with Gasteiger partial charge in [-0.2, -0.15) is 0 Å². The lowest BCUT2D eigenvalue weighted by atomic mass is 10.1.